The summed E-state index contributed by atoms with van der Waals surface area (Å²) in [7, 11) is 2.97. The van der Waals surface area contributed by atoms with Gasteiger partial charge >= 0.3 is 41.3 Å². The number of aromatic nitrogens is 3. The van der Waals surface area contributed by atoms with Crippen molar-refractivity contribution in [3.8, 4) is 17.2 Å². The van der Waals surface area contributed by atoms with Gasteiger partial charge in [0.15, 0.2) is 17.3 Å². The molecule has 11 heteroatoms. The topological polar surface area (TPSA) is 92.3 Å². The standard InChI is InChI=1S/C16H15F2N3O4S.Na.H/c1-23-13-5-6-19-12(14(13)24-2)8-26(22)16-20-10-4-3-9(25-15(17)18)7-11(10)21-16;;/h3-7,15H,8H2,1-2H3,(H,20,21);;. The van der Waals surface area contributed by atoms with Crippen LogP contribution in [0.5, 0.6) is 17.2 Å². The third-order valence-electron chi connectivity index (χ3n) is 3.51. The van der Waals surface area contributed by atoms with Crippen LogP contribution in [0.25, 0.3) is 11.0 Å². The third-order valence-corrected chi connectivity index (χ3v) is 4.67. The van der Waals surface area contributed by atoms with E-state index >= 15 is 0 Å². The van der Waals surface area contributed by atoms with Crippen LogP contribution in [-0.4, -0.2) is 69.9 Å². The molecule has 0 spiro atoms. The zero-order chi connectivity index (χ0) is 18.7. The first-order valence-electron chi connectivity index (χ1n) is 7.40. The van der Waals surface area contributed by atoms with E-state index in [-0.39, 0.29) is 46.2 Å². The van der Waals surface area contributed by atoms with Crippen LogP contribution in [-0.2, 0) is 16.9 Å². The Morgan fingerprint density at radius 3 is 2.67 bits per heavy atom. The van der Waals surface area contributed by atoms with Crippen LogP contribution in [0.3, 0.4) is 0 Å². The van der Waals surface area contributed by atoms with E-state index in [1.165, 1.54) is 38.6 Å². The van der Waals surface area contributed by atoms with E-state index in [9.17, 15) is 13.3 Å². The molecule has 1 unspecified atom stereocenters. The van der Waals surface area contributed by atoms with Gasteiger partial charge in [-0.25, -0.2) is 0 Å². The van der Waals surface area contributed by atoms with Gasteiger partial charge in [-0.05, 0) is 12.1 Å². The van der Waals surface area contributed by atoms with Crippen LogP contribution >= 0.6 is 0 Å². The van der Waals surface area contributed by atoms with Gasteiger partial charge in [0.1, 0.15) is 11.4 Å². The Bertz CT molecular complexity index is 913. The van der Waals surface area contributed by atoms with Gasteiger partial charge in [-0.15, -0.1) is 0 Å². The maximum absolute atomic E-state index is 12.6. The summed E-state index contributed by atoms with van der Waals surface area (Å²) in [6, 6.07) is 5.90. The van der Waals surface area contributed by atoms with Gasteiger partial charge in [-0.1, -0.05) is 0 Å². The van der Waals surface area contributed by atoms with E-state index in [2.05, 4.69) is 19.7 Å². The Morgan fingerprint density at radius 2 is 2.00 bits per heavy atom. The fraction of sp³-hybridized carbons (Fsp3) is 0.250. The van der Waals surface area contributed by atoms with E-state index in [0.717, 1.165) is 0 Å². The number of fused-ring (bicyclic) bond motifs is 1. The van der Waals surface area contributed by atoms with Crippen molar-refractivity contribution in [3.63, 3.8) is 0 Å². The number of methoxy groups -OCH3 is 2. The summed E-state index contributed by atoms with van der Waals surface area (Å²) in [6.07, 6.45) is 1.53. The third kappa shape index (κ3) is 5.02. The van der Waals surface area contributed by atoms with Crippen molar-refractivity contribution in [1.29, 1.82) is 0 Å². The van der Waals surface area contributed by atoms with Crippen molar-refractivity contribution in [3.05, 3.63) is 36.2 Å². The summed E-state index contributed by atoms with van der Waals surface area (Å²) in [5.41, 5.74) is 1.38. The normalized spacial score (nSPS) is 11.9. The molecule has 0 fully saturated rings. The molecule has 1 atom stereocenters. The first kappa shape index (κ1) is 21.7. The van der Waals surface area contributed by atoms with Crippen molar-refractivity contribution in [2.75, 3.05) is 14.2 Å². The van der Waals surface area contributed by atoms with Crippen LogP contribution in [0.2, 0.25) is 0 Å². The number of benzene rings is 1. The number of nitrogens with zero attached hydrogens (tertiary/aromatic N) is 2. The minimum absolute atomic E-state index is 0. The summed E-state index contributed by atoms with van der Waals surface area (Å²) in [4.78, 5) is 11.3. The second-order valence-electron chi connectivity index (χ2n) is 5.08. The Kier molecular flexibility index (Phi) is 7.68. The van der Waals surface area contributed by atoms with Gasteiger partial charge in [-0.3, -0.25) is 9.97 Å². The molecule has 0 saturated carbocycles. The summed E-state index contributed by atoms with van der Waals surface area (Å²) in [5.74, 6) is 0.896. The average molecular weight is 407 g/mol. The molecule has 2 aromatic heterocycles. The molecule has 2 heterocycles. The Balaban J connectivity index is 0.00000261. The number of aromatic amines is 1. The van der Waals surface area contributed by atoms with Crippen LogP contribution in [0.1, 0.15) is 5.69 Å². The molecule has 0 aliphatic carbocycles. The van der Waals surface area contributed by atoms with E-state index in [4.69, 9.17) is 9.47 Å². The molecule has 27 heavy (non-hydrogen) atoms. The number of ether oxygens (including phenoxy) is 3. The number of hydrogen-bond acceptors (Lipinski definition) is 6. The average Bonchev–Trinajstić information content (AvgIpc) is 3.04. The van der Waals surface area contributed by atoms with Gasteiger partial charge in [-0.2, -0.15) is 13.8 Å². The van der Waals surface area contributed by atoms with Crippen LogP contribution in [0.4, 0.5) is 8.78 Å². The number of alkyl halides is 2. The van der Waals surface area contributed by atoms with Crippen molar-refractivity contribution in [2.45, 2.75) is 17.5 Å². The fourth-order valence-corrected chi connectivity index (χ4v) is 3.41. The molecule has 0 saturated heterocycles. The molecular weight excluding hydrogens is 391 g/mol. The van der Waals surface area contributed by atoms with Crippen molar-refractivity contribution in [1.82, 2.24) is 15.0 Å². The van der Waals surface area contributed by atoms with Crippen molar-refractivity contribution < 1.29 is 27.5 Å². The molecule has 3 aromatic rings. The van der Waals surface area contributed by atoms with Gasteiger partial charge < -0.3 is 18.8 Å². The van der Waals surface area contributed by atoms with Crippen molar-refractivity contribution in [2.24, 2.45) is 0 Å². The summed E-state index contributed by atoms with van der Waals surface area (Å²) >= 11 is -1.56. The Morgan fingerprint density at radius 1 is 1.22 bits per heavy atom. The number of H-pyrrole nitrogens is 1. The molecule has 1 aromatic carbocycles. The Labute approximate surface area is 178 Å². The molecule has 0 amide bonds. The fourth-order valence-electron chi connectivity index (χ4n) is 2.39. The number of halogens is 2. The molecule has 1 N–H and O–H groups in total. The van der Waals surface area contributed by atoms with Gasteiger partial charge in [0.05, 0.1) is 25.3 Å². The quantitative estimate of drug-likeness (QED) is 0.477. The second kappa shape index (κ2) is 9.56. The molecule has 0 aliphatic rings. The summed E-state index contributed by atoms with van der Waals surface area (Å²) in [6.45, 7) is -2.92. The number of nitrogens with one attached hydrogen (secondary N) is 1. The summed E-state index contributed by atoms with van der Waals surface area (Å²) in [5, 5.41) is 0.195. The van der Waals surface area contributed by atoms with E-state index in [1.54, 1.807) is 6.07 Å². The molecular formula is C16H16F2N3NaO4S. The summed E-state index contributed by atoms with van der Waals surface area (Å²) < 4.78 is 52.1. The van der Waals surface area contributed by atoms with Crippen LogP contribution < -0.4 is 14.2 Å². The van der Waals surface area contributed by atoms with E-state index in [0.29, 0.717) is 28.2 Å². The number of rotatable bonds is 7. The van der Waals surface area contributed by atoms with Gasteiger partial charge in [0, 0.05) is 29.5 Å². The molecule has 7 nitrogen and oxygen atoms in total. The van der Waals surface area contributed by atoms with Crippen molar-refractivity contribution >= 4 is 51.8 Å². The number of hydrogen-bond donors (Lipinski definition) is 1. The molecule has 140 valence electrons. The minimum atomic E-state index is -2.92. The van der Waals surface area contributed by atoms with Crippen LogP contribution in [0.15, 0.2) is 35.6 Å². The maximum atomic E-state index is 12.6. The zero-order valence-corrected chi connectivity index (χ0v) is 14.7. The number of pyridine rings is 1. The van der Waals surface area contributed by atoms with Gasteiger partial charge in [0.25, 0.3) is 0 Å². The number of imidazole rings is 1. The monoisotopic (exact) mass is 407 g/mol. The first-order valence-corrected chi connectivity index (χ1v) is 8.72. The molecule has 3 rings (SSSR count). The second-order valence-corrected chi connectivity index (χ2v) is 6.45. The SMILES string of the molecule is COc1ccnc(C[S+]([O-])c2nc3cc(OC(F)F)ccc3[nH]2)c1OC.[NaH]. The van der Waals surface area contributed by atoms with Crippen LogP contribution in [0, 0.1) is 0 Å². The predicted molar refractivity (Wildman–Crippen MR) is 97.3 cm³/mol. The van der Waals surface area contributed by atoms with E-state index < -0.39 is 17.8 Å². The molecule has 0 radical (unpaired) electrons. The Hall–Kier alpha value is -1.59. The predicted octanol–water partition coefficient (Wildman–Crippen LogP) is 2.24. The van der Waals surface area contributed by atoms with Gasteiger partial charge in [0.2, 0.25) is 0 Å². The molecule has 0 bridgehead atoms. The van der Waals surface area contributed by atoms with E-state index in [1.807, 2.05) is 0 Å². The molecule has 0 aliphatic heterocycles. The zero-order valence-electron chi connectivity index (χ0n) is 13.9. The first-order chi connectivity index (χ1) is 12.5.